The molecule has 1 aromatic heterocycles. The quantitative estimate of drug-likeness (QED) is 0.615. The number of aldehydes is 1. The summed E-state index contributed by atoms with van der Waals surface area (Å²) < 4.78 is 51.8. The van der Waals surface area contributed by atoms with Gasteiger partial charge in [-0.15, -0.1) is 0 Å². The van der Waals surface area contributed by atoms with Gasteiger partial charge >= 0.3 is 6.18 Å². The molecule has 0 atom stereocenters. The van der Waals surface area contributed by atoms with Crippen LogP contribution in [0, 0.1) is 12.7 Å². The van der Waals surface area contributed by atoms with Crippen molar-refractivity contribution in [3.05, 3.63) is 53.1 Å². The van der Waals surface area contributed by atoms with Crippen LogP contribution >= 0.6 is 0 Å². The Bertz CT molecular complexity index is 665. The summed E-state index contributed by atoms with van der Waals surface area (Å²) >= 11 is 0. The first-order valence-corrected chi connectivity index (χ1v) is 5.62. The Kier molecular flexibility index (Phi) is 3.57. The molecular weight excluding hydrogens is 274 g/mol. The number of hydrogen-bond acceptors (Lipinski definition) is 2. The van der Waals surface area contributed by atoms with Crippen molar-refractivity contribution < 1.29 is 22.4 Å². The van der Waals surface area contributed by atoms with Crippen molar-refractivity contribution in [2.75, 3.05) is 0 Å². The number of benzene rings is 1. The standard InChI is InChI=1S/C14H9F4NO/c1-8-4-9(6-19-13(8)7-20)11-3-2-10(15)5-12(11)14(16,17)18/h2-7H,1H3. The highest BCUT2D eigenvalue weighted by Crippen LogP contribution is 2.37. The first-order valence-electron chi connectivity index (χ1n) is 5.62. The number of hydrogen-bond donors (Lipinski definition) is 0. The van der Waals surface area contributed by atoms with E-state index in [9.17, 15) is 22.4 Å². The van der Waals surface area contributed by atoms with Crippen LogP contribution in [0.2, 0.25) is 0 Å². The van der Waals surface area contributed by atoms with E-state index < -0.39 is 17.6 Å². The topological polar surface area (TPSA) is 30.0 Å². The number of nitrogens with zero attached hydrogens (tertiary/aromatic N) is 1. The minimum Gasteiger partial charge on any atom is -0.296 e. The molecule has 6 heteroatoms. The lowest BCUT2D eigenvalue weighted by Crippen LogP contribution is -2.08. The monoisotopic (exact) mass is 283 g/mol. The fourth-order valence-corrected chi connectivity index (χ4v) is 1.86. The van der Waals surface area contributed by atoms with Crippen LogP contribution in [0.15, 0.2) is 30.5 Å². The third-order valence-electron chi connectivity index (χ3n) is 2.83. The maximum atomic E-state index is 13.0. The predicted octanol–water partition coefficient (Wildman–Crippen LogP) is 4.03. The lowest BCUT2D eigenvalue weighted by molar-refractivity contribution is -0.137. The van der Waals surface area contributed by atoms with Crippen molar-refractivity contribution in [2.24, 2.45) is 0 Å². The van der Waals surface area contributed by atoms with Crippen LogP contribution in [0.4, 0.5) is 17.6 Å². The molecule has 104 valence electrons. The van der Waals surface area contributed by atoms with Gasteiger partial charge in [-0.1, -0.05) is 6.07 Å². The first kappa shape index (κ1) is 14.2. The van der Waals surface area contributed by atoms with Crippen LogP contribution in [0.3, 0.4) is 0 Å². The molecular formula is C14H9F4NO. The van der Waals surface area contributed by atoms with Crippen molar-refractivity contribution in [3.63, 3.8) is 0 Å². The summed E-state index contributed by atoms with van der Waals surface area (Å²) in [6, 6.07) is 3.86. The van der Waals surface area contributed by atoms with Crippen LogP contribution < -0.4 is 0 Å². The van der Waals surface area contributed by atoms with Crippen LogP contribution in [0.1, 0.15) is 21.6 Å². The summed E-state index contributed by atoms with van der Waals surface area (Å²) in [6.07, 6.45) is -2.98. The van der Waals surface area contributed by atoms with Crippen LogP contribution in [0.5, 0.6) is 0 Å². The highest BCUT2D eigenvalue weighted by molar-refractivity contribution is 5.77. The predicted molar refractivity (Wildman–Crippen MR) is 64.8 cm³/mol. The number of aryl methyl sites for hydroxylation is 1. The second kappa shape index (κ2) is 5.03. The van der Waals surface area contributed by atoms with Gasteiger partial charge in [-0.25, -0.2) is 4.39 Å². The third kappa shape index (κ3) is 2.68. The molecule has 0 saturated carbocycles. The Labute approximate surface area is 112 Å². The highest BCUT2D eigenvalue weighted by atomic mass is 19.4. The molecule has 0 fully saturated rings. The van der Waals surface area contributed by atoms with Gasteiger partial charge in [-0.05, 0) is 36.2 Å². The summed E-state index contributed by atoms with van der Waals surface area (Å²) in [7, 11) is 0. The van der Waals surface area contributed by atoms with Crippen LogP contribution in [-0.4, -0.2) is 11.3 Å². The summed E-state index contributed by atoms with van der Waals surface area (Å²) in [5.74, 6) is -0.963. The molecule has 2 nitrogen and oxygen atoms in total. The van der Waals surface area contributed by atoms with E-state index in [4.69, 9.17) is 0 Å². The Morgan fingerprint density at radius 3 is 2.45 bits per heavy atom. The van der Waals surface area contributed by atoms with Gasteiger partial charge in [0.2, 0.25) is 0 Å². The zero-order chi connectivity index (χ0) is 14.9. The normalized spacial score (nSPS) is 11.4. The lowest BCUT2D eigenvalue weighted by atomic mass is 9.99. The minimum absolute atomic E-state index is 0.157. The molecule has 0 saturated heterocycles. The second-order valence-corrected chi connectivity index (χ2v) is 4.23. The molecule has 2 aromatic rings. The van der Waals surface area contributed by atoms with Gasteiger partial charge in [0.15, 0.2) is 6.29 Å². The molecule has 0 bridgehead atoms. The van der Waals surface area contributed by atoms with E-state index in [0.717, 1.165) is 12.1 Å². The highest BCUT2D eigenvalue weighted by Gasteiger charge is 2.34. The molecule has 0 aliphatic rings. The van der Waals surface area contributed by atoms with Gasteiger partial charge in [0.1, 0.15) is 11.5 Å². The summed E-state index contributed by atoms with van der Waals surface area (Å²) in [5.41, 5.74) is -0.454. The molecule has 1 heterocycles. The van der Waals surface area contributed by atoms with E-state index in [1.807, 2.05) is 0 Å². The number of pyridine rings is 1. The van der Waals surface area contributed by atoms with Crippen LogP contribution in [0.25, 0.3) is 11.1 Å². The van der Waals surface area contributed by atoms with Gasteiger partial charge in [0.05, 0.1) is 5.56 Å². The van der Waals surface area contributed by atoms with Crippen molar-refractivity contribution in [2.45, 2.75) is 13.1 Å². The molecule has 1 aromatic carbocycles. The van der Waals surface area contributed by atoms with Crippen molar-refractivity contribution >= 4 is 6.29 Å². The first-order chi connectivity index (χ1) is 9.32. The third-order valence-corrected chi connectivity index (χ3v) is 2.83. The molecule has 20 heavy (non-hydrogen) atoms. The average molecular weight is 283 g/mol. The molecule has 0 aliphatic carbocycles. The maximum Gasteiger partial charge on any atom is 0.417 e. The Morgan fingerprint density at radius 1 is 1.20 bits per heavy atom. The van der Waals surface area contributed by atoms with Gasteiger partial charge in [0, 0.05) is 11.8 Å². The van der Waals surface area contributed by atoms with E-state index >= 15 is 0 Å². The van der Waals surface area contributed by atoms with Crippen molar-refractivity contribution in [1.82, 2.24) is 4.98 Å². The Hall–Kier alpha value is -2.24. The summed E-state index contributed by atoms with van der Waals surface area (Å²) in [4.78, 5) is 14.4. The number of halogens is 4. The maximum absolute atomic E-state index is 13.0. The van der Waals surface area contributed by atoms with E-state index in [0.29, 0.717) is 17.9 Å². The molecule has 0 unspecified atom stereocenters. The number of alkyl halides is 3. The molecule has 0 N–H and O–H groups in total. The van der Waals surface area contributed by atoms with Crippen LogP contribution in [-0.2, 0) is 6.18 Å². The van der Waals surface area contributed by atoms with E-state index in [2.05, 4.69) is 4.98 Å². The zero-order valence-electron chi connectivity index (χ0n) is 10.3. The number of aromatic nitrogens is 1. The number of carbonyl (C=O) groups excluding carboxylic acids is 1. The minimum atomic E-state index is -4.67. The van der Waals surface area contributed by atoms with Gasteiger partial charge in [0.25, 0.3) is 0 Å². The van der Waals surface area contributed by atoms with E-state index in [1.54, 1.807) is 6.92 Å². The van der Waals surface area contributed by atoms with Gasteiger partial charge in [-0.2, -0.15) is 13.2 Å². The molecule has 0 radical (unpaired) electrons. The van der Waals surface area contributed by atoms with Gasteiger partial charge < -0.3 is 0 Å². The average Bonchev–Trinajstić information content (AvgIpc) is 2.37. The SMILES string of the molecule is Cc1cc(-c2ccc(F)cc2C(F)(F)F)cnc1C=O. The lowest BCUT2D eigenvalue weighted by Gasteiger charge is -2.13. The van der Waals surface area contributed by atoms with Crippen molar-refractivity contribution in [1.29, 1.82) is 0 Å². The smallest absolute Gasteiger partial charge is 0.296 e. The molecule has 0 amide bonds. The van der Waals surface area contributed by atoms with E-state index in [-0.39, 0.29) is 16.8 Å². The number of rotatable bonds is 2. The molecule has 0 spiro atoms. The summed E-state index contributed by atoms with van der Waals surface area (Å²) in [6.45, 7) is 1.57. The fourth-order valence-electron chi connectivity index (χ4n) is 1.86. The van der Waals surface area contributed by atoms with Gasteiger partial charge in [-0.3, -0.25) is 9.78 Å². The number of carbonyl (C=O) groups is 1. The molecule has 2 rings (SSSR count). The Balaban J connectivity index is 2.64. The van der Waals surface area contributed by atoms with Crippen molar-refractivity contribution in [3.8, 4) is 11.1 Å². The molecule has 0 aliphatic heterocycles. The summed E-state index contributed by atoms with van der Waals surface area (Å²) in [5, 5.41) is 0. The Morgan fingerprint density at radius 2 is 1.90 bits per heavy atom. The fraction of sp³-hybridized carbons (Fsp3) is 0.143. The zero-order valence-corrected chi connectivity index (χ0v) is 10.3. The largest absolute Gasteiger partial charge is 0.417 e. The second-order valence-electron chi connectivity index (χ2n) is 4.23. The van der Waals surface area contributed by atoms with E-state index in [1.165, 1.54) is 12.3 Å².